The Labute approximate surface area is 140 Å². The van der Waals surface area contributed by atoms with E-state index in [2.05, 4.69) is 10.00 Å². The molecule has 4 nitrogen and oxygen atoms in total. The maximum absolute atomic E-state index is 13.1. The number of aliphatic hydroxyl groups excluding tert-OH is 1. The molecule has 0 unspecified atom stereocenters. The number of likely N-dealkylation sites (tertiary alicyclic amines) is 1. The van der Waals surface area contributed by atoms with E-state index in [9.17, 15) is 9.50 Å². The summed E-state index contributed by atoms with van der Waals surface area (Å²) in [5.41, 5.74) is 2.66. The quantitative estimate of drug-likeness (QED) is 0.931. The standard InChI is InChI=1S/C17H21ClFN3O/c1-12-16(10-21-8-6-13(11-23)7-9-21)17(18)22(20-12)15-4-2-14(19)3-5-15/h2-5,13,23H,6-11H2,1H3. The molecule has 1 saturated heterocycles. The highest BCUT2D eigenvalue weighted by Gasteiger charge is 2.22. The lowest BCUT2D eigenvalue weighted by Crippen LogP contribution is -2.34. The second kappa shape index (κ2) is 6.99. The van der Waals surface area contributed by atoms with Crippen molar-refractivity contribution in [2.75, 3.05) is 19.7 Å². The molecule has 2 heterocycles. The number of hydrogen-bond donors (Lipinski definition) is 1. The molecule has 1 N–H and O–H groups in total. The number of halogens is 2. The number of aliphatic hydroxyl groups is 1. The zero-order valence-corrected chi connectivity index (χ0v) is 13.9. The third-order valence-corrected chi connectivity index (χ3v) is 4.93. The van der Waals surface area contributed by atoms with Gasteiger partial charge in [-0.05, 0) is 63.0 Å². The van der Waals surface area contributed by atoms with E-state index in [4.69, 9.17) is 11.6 Å². The minimum absolute atomic E-state index is 0.274. The summed E-state index contributed by atoms with van der Waals surface area (Å²) in [5.74, 6) is 0.144. The van der Waals surface area contributed by atoms with Crippen molar-refractivity contribution >= 4 is 11.6 Å². The third-order valence-electron chi connectivity index (χ3n) is 4.54. The molecule has 0 spiro atoms. The third kappa shape index (κ3) is 3.57. The summed E-state index contributed by atoms with van der Waals surface area (Å²) < 4.78 is 14.7. The molecule has 1 aliphatic heterocycles. The number of rotatable bonds is 4. The van der Waals surface area contributed by atoms with Crippen molar-refractivity contribution in [1.29, 1.82) is 0 Å². The Morgan fingerprint density at radius 1 is 1.26 bits per heavy atom. The van der Waals surface area contributed by atoms with Crippen molar-refractivity contribution < 1.29 is 9.50 Å². The molecule has 124 valence electrons. The summed E-state index contributed by atoms with van der Waals surface area (Å²) in [6, 6.07) is 6.15. The zero-order valence-electron chi connectivity index (χ0n) is 13.2. The smallest absolute Gasteiger partial charge is 0.137 e. The van der Waals surface area contributed by atoms with E-state index >= 15 is 0 Å². The summed E-state index contributed by atoms with van der Waals surface area (Å²) >= 11 is 6.52. The molecule has 2 aromatic rings. The Morgan fingerprint density at radius 2 is 1.91 bits per heavy atom. The molecule has 0 radical (unpaired) electrons. The maximum atomic E-state index is 13.1. The first-order valence-electron chi connectivity index (χ1n) is 7.91. The molecule has 1 aromatic heterocycles. The lowest BCUT2D eigenvalue weighted by atomic mass is 9.97. The van der Waals surface area contributed by atoms with Crippen LogP contribution in [-0.2, 0) is 6.54 Å². The molecule has 1 aliphatic rings. The van der Waals surface area contributed by atoms with E-state index in [1.807, 2.05) is 6.92 Å². The number of aromatic nitrogens is 2. The van der Waals surface area contributed by atoms with Crippen LogP contribution in [0.4, 0.5) is 4.39 Å². The van der Waals surface area contributed by atoms with Crippen LogP contribution >= 0.6 is 11.6 Å². The van der Waals surface area contributed by atoms with Crippen LogP contribution in [0.2, 0.25) is 5.15 Å². The van der Waals surface area contributed by atoms with Crippen LogP contribution < -0.4 is 0 Å². The van der Waals surface area contributed by atoms with Gasteiger partial charge >= 0.3 is 0 Å². The molecule has 0 aliphatic carbocycles. The van der Waals surface area contributed by atoms with Gasteiger partial charge in [0.2, 0.25) is 0 Å². The van der Waals surface area contributed by atoms with Crippen LogP contribution in [0, 0.1) is 18.7 Å². The predicted molar refractivity (Wildman–Crippen MR) is 88.4 cm³/mol. The summed E-state index contributed by atoms with van der Waals surface area (Å²) in [6.45, 7) is 4.90. The zero-order chi connectivity index (χ0) is 16.4. The van der Waals surface area contributed by atoms with E-state index in [0.717, 1.165) is 49.4 Å². The first kappa shape index (κ1) is 16.4. The fourth-order valence-electron chi connectivity index (χ4n) is 3.02. The number of hydrogen-bond acceptors (Lipinski definition) is 3. The van der Waals surface area contributed by atoms with Gasteiger partial charge in [0, 0.05) is 18.7 Å². The van der Waals surface area contributed by atoms with Crippen molar-refractivity contribution in [3.8, 4) is 5.69 Å². The average molecular weight is 338 g/mol. The molecule has 0 amide bonds. The summed E-state index contributed by atoms with van der Waals surface area (Å²) in [4.78, 5) is 2.34. The van der Waals surface area contributed by atoms with Gasteiger partial charge in [0.15, 0.2) is 0 Å². The van der Waals surface area contributed by atoms with E-state index < -0.39 is 0 Å². The molecular formula is C17H21ClFN3O. The van der Waals surface area contributed by atoms with Crippen LogP contribution in [0.25, 0.3) is 5.69 Å². The van der Waals surface area contributed by atoms with Crippen LogP contribution in [0.5, 0.6) is 0 Å². The van der Waals surface area contributed by atoms with Crippen LogP contribution in [-0.4, -0.2) is 39.5 Å². The highest BCUT2D eigenvalue weighted by atomic mass is 35.5. The van der Waals surface area contributed by atoms with E-state index in [1.54, 1.807) is 16.8 Å². The fraction of sp³-hybridized carbons (Fsp3) is 0.471. The molecular weight excluding hydrogens is 317 g/mol. The summed E-state index contributed by atoms with van der Waals surface area (Å²) in [6.07, 6.45) is 2.03. The number of aryl methyl sites for hydroxylation is 1. The Kier molecular flexibility index (Phi) is 4.99. The number of nitrogens with zero attached hydrogens (tertiary/aromatic N) is 3. The molecule has 0 saturated carbocycles. The van der Waals surface area contributed by atoms with Gasteiger partial charge in [-0.2, -0.15) is 5.10 Å². The Morgan fingerprint density at radius 3 is 2.52 bits per heavy atom. The van der Waals surface area contributed by atoms with Gasteiger partial charge < -0.3 is 5.11 Å². The second-order valence-electron chi connectivity index (χ2n) is 6.15. The van der Waals surface area contributed by atoms with E-state index in [-0.39, 0.29) is 12.4 Å². The van der Waals surface area contributed by atoms with Crippen LogP contribution in [0.15, 0.2) is 24.3 Å². The first-order chi connectivity index (χ1) is 11.1. The van der Waals surface area contributed by atoms with Crippen LogP contribution in [0.1, 0.15) is 24.1 Å². The lowest BCUT2D eigenvalue weighted by molar-refractivity contribution is 0.127. The van der Waals surface area contributed by atoms with Gasteiger partial charge in [-0.15, -0.1) is 0 Å². The highest BCUT2D eigenvalue weighted by molar-refractivity contribution is 6.30. The second-order valence-corrected chi connectivity index (χ2v) is 6.50. The van der Waals surface area contributed by atoms with Gasteiger partial charge in [-0.1, -0.05) is 11.6 Å². The molecule has 1 fully saturated rings. The van der Waals surface area contributed by atoms with E-state index in [1.165, 1.54) is 12.1 Å². The molecule has 3 rings (SSSR count). The van der Waals surface area contributed by atoms with Gasteiger partial charge in [0.05, 0.1) is 11.4 Å². The maximum Gasteiger partial charge on any atom is 0.137 e. The minimum Gasteiger partial charge on any atom is -0.396 e. The monoisotopic (exact) mass is 337 g/mol. The topological polar surface area (TPSA) is 41.3 Å². The van der Waals surface area contributed by atoms with Gasteiger partial charge in [0.25, 0.3) is 0 Å². The predicted octanol–water partition coefficient (Wildman–Crippen LogP) is 3.18. The molecule has 0 atom stereocenters. The number of benzene rings is 1. The largest absolute Gasteiger partial charge is 0.396 e. The van der Waals surface area contributed by atoms with Crippen molar-refractivity contribution in [2.24, 2.45) is 5.92 Å². The minimum atomic E-state index is -0.277. The van der Waals surface area contributed by atoms with Crippen molar-refractivity contribution in [2.45, 2.75) is 26.3 Å². The normalized spacial score (nSPS) is 16.9. The molecule has 0 bridgehead atoms. The van der Waals surface area contributed by atoms with Gasteiger partial charge in [-0.25, -0.2) is 9.07 Å². The Bertz CT molecular complexity index is 663. The lowest BCUT2D eigenvalue weighted by Gasteiger charge is -2.30. The van der Waals surface area contributed by atoms with Gasteiger partial charge in [-0.3, -0.25) is 4.90 Å². The van der Waals surface area contributed by atoms with Crippen molar-refractivity contribution in [1.82, 2.24) is 14.7 Å². The average Bonchev–Trinajstić information content (AvgIpc) is 2.84. The molecule has 6 heteroatoms. The highest BCUT2D eigenvalue weighted by Crippen LogP contribution is 2.27. The SMILES string of the molecule is Cc1nn(-c2ccc(F)cc2)c(Cl)c1CN1CCC(CO)CC1. The van der Waals surface area contributed by atoms with E-state index in [0.29, 0.717) is 11.1 Å². The fourth-order valence-corrected chi connectivity index (χ4v) is 3.35. The van der Waals surface area contributed by atoms with Crippen molar-refractivity contribution in [3.05, 3.63) is 46.5 Å². The Hall–Kier alpha value is -1.43. The van der Waals surface area contributed by atoms with Crippen LogP contribution in [0.3, 0.4) is 0 Å². The Balaban J connectivity index is 1.77. The summed E-state index contributed by atoms with van der Waals surface area (Å²) in [5, 5.41) is 14.3. The number of piperidine rings is 1. The van der Waals surface area contributed by atoms with Gasteiger partial charge in [0.1, 0.15) is 11.0 Å². The summed E-state index contributed by atoms with van der Waals surface area (Å²) in [7, 11) is 0. The van der Waals surface area contributed by atoms with Crippen molar-refractivity contribution in [3.63, 3.8) is 0 Å². The molecule has 1 aromatic carbocycles. The molecule has 23 heavy (non-hydrogen) atoms. The first-order valence-corrected chi connectivity index (χ1v) is 8.29.